The second-order valence-corrected chi connectivity index (χ2v) is 4.77. The molecule has 13 heavy (non-hydrogen) atoms. The Morgan fingerprint density at radius 1 is 1.31 bits per heavy atom. The van der Waals surface area contributed by atoms with Gasteiger partial charge in [0.05, 0.1) is 0 Å². The highest BCUT2D eigenvalue weighted by Crippen LogP contribution is 2.20. The SMILES string of the molecule is CC1CCN([C@H](CN)C(C)C)CC1. The van der Waals surface area contributed by atoms with E-state index in [0.29, 0.717) is 12.0 Å². The van der Waals surface area contributed by atoms with Crippen LogP contribution in [0.15, 0.2) is 0 Å². The van der Waals surface area contributed by atoms with E-state index in [9.17, 15) is 0 Å². The van der Waals surface area contributed by atoms with E-state index in [1.165, 1.54) is 25.9 Å². The van der Waals surface area contributed by atoms with Crippen molar-refractivity contribution in [2.75, 3.05) is 19.6 Å². The van der Waals surface area contributed by atoms with Crippen molar-refractivity contribution in [3.05, 3.63) is 0 Å². The summed E-state index contributed by atoms with van der Waals surface area (Å²) >= 11 is 0. The molecule has 0 amide bonds. The molecule has 1 saturated heterocycles. The third kappa shape index (κ3) is 2.96. The molecule has 0 saturated carbocycles. The van der Waals surface area contributed by atoms with Gasteiger partial charge in [0, 0.05) is 12.6 Å². The summed E-state index contributed by atoms with van der Waals surface area (Å²) in [6, 6.07) is 0.604. The van der Waals surface area contributed by atoms with Crippen molar-refractivity contribution in [1.82, 2.24) is 4.90 Å². The van der Waals surface area contributed by atoms with Crippen LogP contribution >= 0.6 is 0 Å². The van der Waals surface area contributed by atoms with Gasteiger partial charge in [-0.15, -0.1) is 0 Å². The first kappa shape index (κ1) is 11.0. The van der Waals surface area contributed by atoms with Crippen molar-refractivity contribution in [1.29, 1.82) is 0 Å². The van der Waals surface area contributed by atoms with Gasteiger partial charge in [-0.2, -0.15) is 0 Å². The van der Waals surface area contributed by atoms with Gasteiger partial charge in [0.25, 0.3) is 0 Å². The predicted octanol–water partition coefficient (Wildman–Crippen LogP) is 1.70. The van der Waals surface area contributed by atoms with Crippen LogP contribution in [0.3, 0.4) is 0 Å². The van der Waals surface area contributed by atoms with E-state index in [2.05, 4.69) is 25.7 Å². The van der Waals surface area contributed by atoms with Crippen LogP contribution in [-0.4, -0.2) is 30.6 Å². The average Bonchev–Trinajstić information content (AvgIpc) is 2.09. The molecule has 0 aliphatic carbocycles. The maximum absolute atomic E-state index is 5.80. The second kappa shape index (κ2) is 4.97. The van der Waals surface area contributed by atoms with Crippen LogP contribution in [0.4, 0.5) is 0 Å². The van der Waals surface area contributed by atoms with Gasteiger partial charge in [-0.1, -0.05) is 20.8 Å². The van der Waals surface area contributed by atoms with E-state index >= 15 is 0 Å². The summed E-state index contributed by atoms with van der Waals surface area (Å²) in [5.74, 6) is 1.61. The van der Waals surface area contributed by atoms with Gasteiger partial charge in [0.15, 0.2) is 0 Å². The zero-order chi connectivity index (χ0) is 9.84. The molecule has 0 aromatic heterocycles. The van der Waals surface area contributed by atoms with Gasteiger partial charge >= 0.3 is 0 Å². The average molecular weight is 184 g/mol. The summed E-state index contributed by atoms with van der Waals surface area (Å²) in [5.41, 5.74) is 5.80. The van der Waals surface area contributed by atoms with Crippen LogP contribution in [0.5, 0.6) is 0 Å². The number of hydrogen-bond acceptors (Lipinski definition) is 2. The number of piperidine rings is 1. The summed E-state index contributed by atoms with van der Waals surface area (Å²) in [6.07, 6.45) is 2.70. The fourth-order valence-corrected chi connectivity index (χ4v) is 2.20. The molecule has 1 heterocycles. The highest BCUT2D eigenvalue weighted by Gasteiger charge is 2.23. The normalized spacial score (nSPS) is 23.8. The Labute approximate surface area is 82.5 Å². The quantitative estimate of drug-likeness (QED) is 0.723. The summed E-state index contributed by atoms with van der Waals surface area (Å²) in [4.78, 5) is 2.57. The molecule has 1 fully saturated rings. The molecule has 0 aromatic rings. The number of rotatable bonds is 3. The monoisotopic (exact) mass is 184 g/mol. The molecule has 2 heteroatoms. The Balaban J connectivity index is 2.41. The molecule has 1 aliphatic heterocycles. The zero-order valence-electron chi connectivity index (χ0n) is 9.29. The van der Waals surface area contributed by atoms with E-state index in [1.807, 2.05) is 0 Å². The largest absolute Gasteiger partial charge is 0.329 e. The van der Waals surface area contributed by atoms with Crippen molar-refractivity contribution >= 4 is 0 Å². The van der Waals surface area contributed by atoms with Gasteiger partial charge < -0.3 is 5.73 Å². The third-order valence-corrected chi connectivity index (χ3v) is 3.30. The number of hydrogen-bond donors (Lipinski definition) is 1. The van der Waals surface area contributed by atoms with Gasteiger partial charge in [-0.05, 0) is 37.8 Å². The molecule has 2 nitrogen and oxygen atoms in total. The molecule has 0 unspecified atom stereocenters. The Kier molecular flexibility index (Phi) is 4.20. The number of nitrogens with two attached hydrogens (primary N) is 1. The van der Waals surface area contributed by atoms with Crippen molar-refractivity contribution in [3.63, 3.8) is 0 Å². The van der Waals surface area contributed by atoms with Crippen LogP contribution in [0, 0.1) is 11.8 Å². The lowest BCUT2D eigenvalue weighted by Gasteiger charge is -2.38. The van der Waals surface area contributed by atoms with Crippen LogP contribution in [0.25, 0.3) is 0 Å². The van der Waals surface area contributed by atoms with Gasteiger partial charge in [0.2, 0.25) is 0 Å². The number of nitrogens with zero attached hydrogens (tertiary/aromatic N) is 1. The summed E-state index contributed by atoms with van der Waals surface area (Å²) in [6.45, 7) is 10.2. The maximum Gasteiger partial charge on any atom is 0.0241 e. The second-order valence-electron chi connectivity index (χ2n) is 4.77. The highest BCUT2D eigenvalue weighted by atomic mass is 15.2. The van der Waals surface area contributed by atoms with Crippen molar-refractivity contribution in [3.8, 4) is 0 Å². The molecule has 0 aromatic carbocycles. The lowest BCUT2D eigenvalue weighted by atomic mass is 9.94. The van der Waals surface area contributed by atoms with Gasteiger partial charge in [-0.3, -0.25) is 4.90 Å². The van der Waals surface area contributed by atoms with Crippen molar-refractivity contribution < 1.29 is 0 Å². The first-order valence-electron chi connectivity index (χ1n) is 5.59. The van der Waals surface area contributed by atoms with Gasteiger partial charge in [-0.25, -0.2) is 0 Å². The highest BCUT2D eigenvalue weighted by molar-refractivity contribution is 4.79. The molecule has 0 radical (unpaired) electrons. The van der Waals surface area contributed by atoms with Crippen molar-refractivity contribution in [2.24, 2.45) is 17.6 Å². The zero-order valence-corrected chi connectivity index (χ0v) is 9.29. The lowest BCUT2D eigenvalue weighted by molar-refractivity contribution is 0.113. The lowest BCUT2D eigenvalue weighted by Crippen LogP contribution is -2.47. The molecule has 1 aliphatic rings. The fourth-order valence-electron chi connectivity index (χ4n) is 2.20. The maximum atomic E-state index is 5.80. The Bertz CT molecular complexity index is 137. The summed E-state index contributed by atoms with van der Waals surface area (Å²) in [5, 5.41) is 0. The van der Waals surface area contributed by atoms with E-state index in [1.54, 1.807) is 0 Å². The fraction of sp³-hybridized carbons (Fsp3) is 1.00. The molecule has 0 spiro atoms. The van der Waals surface area contributed by atoms with E-state index < -0.39 is 0 Å². The molecule has 1 rings (SSSR count). The standard InChI is InChI=1S/C11H24N2/c1-9(2)11(8-12)13-6-4-10(3)5-7-13/h9-11H,4-8,12H2,1-3H3/t11-/m1/s1. The van der Waals surface area contributed by atoms with Crippen LogP contribution in [-0.2, 0) is 0 Å². The first-order chi connectivity index (χ1) is 6.15. The van der Waals surface area contributed by atoms with E-state index in [0.717, 1.165) is 12.5 Å². The van der Waals surface area contributed by atoms with E-state index in [4.69, 9.17) is 5.73 Å². The summed E-state index contributed by atoms with van der Waals surface area (Å²) in [7, 11) is 0. The molecule has 78 valence electrons. The molecule has 1 atom stereocenters. The third-order valence-electron chi connectivity index (χ3n) is 3.30. The molecular weight excluding hydrogens is 160 g/mol. The Morgan fingerprint density at radius 3 is 2.23 bits per heavy atom. The minimum Gasteiger partial charge on any atom is -0.329 e. The van der Waals surface area contributed by atoms with E-state index in [-0.39, 0.29) is 0 Å². The molecular formula is C11H24N2. The topological polar surface area (TPSA) is 29.3 Å². The summed E-state index contributed by atoms with van der Waals surface area (Å²) < 4.78 is 0. The smallest absolute Gasteiger partial charge is 0.0241 e. The molecule has 0 bridgehead atoms. The predicted molar refractivity (Wildman–Crippen MR) is 57.7 cm³/mol. The van der Waals surface area contributed by atoms with Crippen molar-refractivity contribution in [2.45, 2.75) is 39.7 Å². The van der Waals surface area contributed by atoms with Crippen LogP contribution in [0.2, 0.25) is 0 Å². The first-order valence-corrected chi connectivity index (χ1v) is 5.59. The number of likely N-dealkylation sites (tertiary alicyclic amines) is 1. The Hall–Kier alpha value is -0.0800. The van der Waals surface area contributed by atoms with Crippen LogP contribution in [0.1, 0.15) is 33.6 Å². The Morgan fingerprint density at radius 2 is 1.85 bits per heavy atom. The minimum absolute atomic E-state index is 0.604. The van der Waals surface area contributed by atoms with Gasteiger partial charge in [0.1, 0.15) is 0 Å². The van der Waals surface area contributed by atoms with Crippen LogP contribution < -0.4 is 5.73 Å². The molecule has 2 N–H and O–H groups in total. The minimum atomic E-state index is 0.604.